The van der Waals surface area contributed by atoms with Gasteiger partial charge in [-0.05, 0) is 48.9 Å². The van der Waals surface area contributed by atoms with E-state index >= 15 is 0 Å². The minimum absolute atomic E-state index is 0.0997. The normalized spacial score (nSPS) is 19.2. The van der Waals surface area contributed by atoms with Gasteiger partial charge in [-0.3, -0.25) is 0 Å². The Labute approximate surface area is 101 Å². The van der Waals surface area contributed by atoms with Crippen molar-refractivity contribution in [2.45, 2.75) is 38.5 Å². The van der Waals surface area contributed by atoms with Crippen LogP contribution in [0.25, 0.3) is 0 Å². The predicted octanol–water partition coefficient (Wildman–Crippen LogP) is 3.42. The van der Waals surface area contributed by atoms with Gasteiger partial charge in [0.15, 0.2) is 11.6 Å². The van der Waals surface area contributed by atoms with Crippen LogP contribution < -0.4 is 5.73 Å². The fraction of sp³-hybridized carbons (Fsp3) is 0.571. The molecule has 0 bridgehead atoms. The van der Waals surface area contributed by atoms with Gasteiger partial charge in [0.25, 0.3) is 0 Å². The van der Waals surface area contributed by atoms with E-state index in [1.807, 2.05) is 0 Å². The van der Waals surface area contributed by atoms with Crippen molar-refractivity contribution in [3.8, 4) is 0 Å². The van der Waals surface area contributed by atoms with Crippen LogP contribution in [0.3, 0.4) is 0 Å². The minimum Gasteiger partial charge on any atom is -0.330 e. The molecule has 0 heterocycles. The van der Waals surface area contributed by atoms with Crippen molar-refractivity contribution in [3.63, 3.8) is 0 Å². The summed E-state index contributed by atoms with van der Waals surface area (Å²) in [7, 11) is 0. The average Bonchev–Trinajstić information content (AvgIpc) is 2.35. The molecule has 1 fully saturated rings. The van der Waals surface area contributed by atoms with Crippen LogP contribution in [0.5, 0.6) is 0 Å². The third kappa shape index (κ3) is 2.83. The first-order chi connectivity index (χ1) is 8.15. The molecule has 0 amide bonds. The third-order valence-corrected chi connectivity index (χ3v) is 3.91. The smallest absolute Gasteiger partial charge is 0.159 e. The Kier molecular flexibility index (Phi) is 3.77. The summed E-state index contributed by atoms with van der Waals surface area (Å²) in [6.45, 7) is 0.631. The largest absolute Gasteiger partial charge is 0.330 e. The second-order valence-electron chi connectivity index (χ2n) is 5.19. The van der Waals surface area contributed by atoms with Crippen LogP contribution in [0.15, 0.2) is 18.2 Å². The third-order valence-electron chi connectivity index (χ3n) is 3.91. The van der Waals surface area contributed by atoms with Gasteiger partial charge in [0.1, 0.15) is 0 Å². The molecule has 1 aliphatic carbocycles. The lowest BCUT2D eigenvalue weighted by atomic mass is 9.70. The fourth-order valence-corrected chi connectivity index (χ4v) is 2.84. The fourth-order valence-electron chi connectivity index (χ4n) is 2.84. The number of nitrogens with two attached hydrogens (primary N) is 1. The molecule has 2 rings (SSSR count). The minimum atomic E-state index is -0.779. The van der Waals surface area contributed by atoms with Crippen molar-refractivity contribution in [3.05, 3.63) is 35.4 Å². The maximum Gasteiger partial charge on any atom is 0.159 e. The lowest BCUT2D eigenvalue weighted by Gasteiger charge is -2.36. The maximum atomic E-state index is 13.2. The molecule has 3 heteroatoms. The summed E-state index contributed by atoms with van der Waals surface area (Å²) in [4.78, 5) is 0. The zero-order chi connectivity index (χ0) is 12.3. The Morgan fingerprint density at radius 2 is 1.76 bits per heavy atom. The zero-order valence-electron chi connectivity index (χ0n) is 10.0. The molecule has 1 aromatic rings. The number of hydrogen-bond acceptors (Lipinski definition) is 1. The van der Waals surface area contributed by atoms with Crippen molar-refractivity contribution in [1.82, 2.24) is 0 Å². The highest BCUT2D eigenvalue weighted by Crippen LogP contribution is 2.38. The van der Waals surface area contributed by atoms with E-state index in [4.69, 9.17) is 5.73 Å². The second kappa shape index (κ2) is 5.13. The van der Waals surface area contributed by atoms with E-state index in [0.29, 0.717) is 6.54 Å². The summed E-state index contributed by atoms with van der Waals surface area (Å²) in [6.07, 6.45) is 6.62. The highest BCUT2D eigenvalue weighted by Gasteiger charge is 2.30. The molecule has 0 unspecified atom stereocenters. The van der Waals surface area contributed by atoms with Gasteiger partial charge in [-0.15, -0.1) is 0 Å². The summed E-state index contributed by atoms with van der Waals surface area (Å²) < 4.78 is 26.0. The molecular weight excluding hydrogens is 220 g/mol. The molecule has 0 saturated heterocycles. The number of rotatable bonds is 3. The SMILES string of the molecule is NCC1(Cc2ccc(F)c(F)c2)CCCCC1. The van der Waals surface area contributed by atoms with Crippen LogP contribution in [0, 0.1) is 17.0 Å². The Morgan fingerprint density at radius 1 is 1.06 bits per heavy atom. The Hall–Kier alpha value is -0.960. The van der Waals surface area contributed by atoms with Gasteiger partial charge in [-0.25, -0.2) is 8.78 Å². The van der Waals surface area contributed by atoms with Crippen LogP contribution in [0.1, 0.15) is 37.7 Å². The summed E-state index contributed by atoms with van der Waals surface area (Å²) in [5.41, 5.74) is 6.84. The Bertz CT molecular complexity index is 384. The summed E-state index contributed by atoms with van der Waals surface area (Å²) in [6, 6.07) is 4.18. The van der Waals surface area contributed by atoms with Crippen LogP contribution in [-0.2, 0) is 6.42 Å². The molecular formula is C14H19F2N. The molecule has 0 aromatic heterocycles. The van der Waals surface area contributed by atoms with Crippen molar-refractivity contribution < 1.29 is 8.78 Å². The van der Waals surface area contributed by atoms with Gasteiger partial charge >= 0.3 is 0 Å². The average molecular weight is 239 g/mol. The lowest BCUT2D eigenvalue weighted by molar-refractivity contribution is 0.197. The first-order valence-corrected chi connectivity index (χ1v) is 6.29. The molecule has 0 radical (unpaired) electrons. The Morgan fingerprint density at radius 3 is 2.35 bits per heavy atom. The van der Waals surface area contributed by atoms with E-state index in [1.54, 1.807) is 6.07 Å². The molecule has 1 aliphatic rings. The van der Waals surface area contributed by atoms with Crippen LogP contribution in [0.4, 0.5) is 8.78 Å². The summed E-state index contributed by atoms with van der Waals surface area (Å²) in [5.74, 6) is -1.54. The van der Waals surface area contributed by atoms with E-state index in [-0.39, 0.29) is 5.41 Å². The quantitative estimate of drug-likeness (QED) is 0.859. The van der Waals surface area contributed by atoms with E-state index in [9.17, 15) is 8.78 Å². The van der Waals surface area contributed by atoms with Gasteiger partial charge in [0.05, 0.1) is 0 Å². The number of benzene rings is 1. The van der Waals surface area contributed by atoms with Crippen molar-refractivity contribution >= 4 is 0 Å². The van der Waals surface area contributed by atoms with Gasteiger partial charge in [-0.2, -0.15) is 0 Å². The molecule has 1 aromatic carbocycles. The van der Waals surface area contributed by atoms with Gasteiger partial charge in [0.2, 0.25) is 0 Å². The number of halogens is 2. The molecule has 94 valence electrons. The standard InChI is InChI=1S/C14H19F2N/c15-12-5-4-11(8-13(12)16)9-14(10-17)6-2-1-3-7-14/h4-5,8H,1-3,6-7,9-10,17H2. The molecule has 0 aliphatic heterocycles. The highest BCUT2D eigenvalue weighted by atomic mass is 19.2. The predicted molar refractivity (Wildman–Crippen MR) is 64.6 cm³/mol. The van der Waals surface area contributed by atoms with Crippen LogP contribution >= 0.6 is 0 Å². The summed E-state index contributed by atoms with van der Waals surface area (Å²) in [5, 5.41) is 0. The summed E-state index contributed by atoms with van der Waals surface area (Å²) >= 11 is 0. The zero-order valence-corrected chi connectivity index (χ0v) is 10.0. The Balaban J connectivity index is 2.14. The monoisotopic (exact) mass is 239 g/mol. The van der Waals surface area contributed by atoms with Crippen LogP contribution in [0.2, 0.25) is 0 Å². The van der Waals surface area contributed by atoms with E-state index < -0.39 is 11.6 Å². The number of hydrogen-bond donors (Lipinski definition) is 1. The topological polar surface area (TPSA) is 26.0 Å². The van der Waals surface area contributed by atoms with Crippen molar-refractivity contribution in [2.75, 3.05) is 6.54 Å². The molecule has 17 heavy (non-hydrogen) atoms. The highest BCUT2D eigenvalue weighted by molar-refractivity contribution is 5.19. The van der Waals surface area contributed by atoms with Gasteiger partial charge in [0, 0.05) is 0 Å². The van der Waals surface area contributed by atoms with Crippen molar-refractivity contribution in [1.29, 1.82) is 0 Å². The van der Waals surface area contributed by atoms with Crippen LogP contribution in [-0.4, -0.2) is 6.54 Å². The van der Waals surface area contributed by atoms with E-state index in [0.717, 1.165) is 24.8 Å². The second-order valence-corrected chi connectivity index (χ2v) is 5.19. The molecule has 2 N–H and O–H groups in total. The first kappa shape index (κ1) is 12.5. The molecule has 0 atom stereocenters. The molecule has 1 saturated carbocycles. The first-order valence-electron chi connectivity index (χ1n) is 6.29. The van der Waals surface area contributed by atoms with Gasteiger partial charge in [-0.1, -0.05) is 25.3 Å². The van der Waals surface area contributed by atoms with Crippen molar-refractivity contribution in [2.24, 2.45) is 11.1 Å². The maximum absolute atomic E-state index is 13.2. The lowest BCUT2D eigenvalue weighted by Crippen LogP contribution is -2.34. The van der Waals surface area contributed by atoms with E-state index in [1.165, 1.54) is 31.4 Å². The molecule has 0 spiro atoms. The van der Waals surface area contributed by atoms with Gasteiger partial charge < -0.3 is 5.73 Å². The van der Waals surface area contributed by atoms with E-state index in [2.05, 4.69) is 0 Å². The molecule has 1 nitrogen and oxygen atoms in total.